The predicted octanol–water partition coefficient (Wildman–Crippen LogP) is 4.16. The van der Waals surface area contributed by atoms with Crippen LogP contribution in [0.3, 0.4) is 0 Å². The Labute approximate surface area is 197 Å². The van der Waals surface area contributed by atoms with Gasteiger partial charge in [-0.2, -0.15) is 18.3 Å². The van der Waals surface area contributed by atoms with Crippen LogP contribution in [0.1, 0.15) is 56.5 Å². The average molecular weight is 495 g/mol. The lowest BCUT2D eigenvalue weighted by Crippen LogP contribution is -2.50. The molecule has 2 aliphatic heterocycles. The second kappa shape index (κ2) is 7.29. The average Bonchev–Trinajstić information content (AvgIpc) is 3.18. The van der Waals surface area contributed by atoms with Crippen LogP contribution in [0.15, 0.2) is 24.3 Å². The van der Waals surface area contributed by atoms with Crippen molar-refractivity contribution in [2.45, 2.75) is 57.3 Å². The Bertz CT molecular complexity index is 1220. The summed E-state index contributed by atoms with van der Waals surface area (Å²) in [7, 11) is -2.82. The van der Waals surface area contributed by atoms with Crippen LogP contribution >= 0.6 is 0 Å². The number of halogens is 3. The Morgan fingerprint density at radius 2 is 1.82 bits per heavy atom. The molecule has 6 rings (SSSR count). The molecule has 0 radical (unpaired) electrons. The predicted molar refractivity (Wildman–Crippen MR) is 121 cm³/mol. The van der Waals surface area contributed by atoms with E-state index >= 15 is 0 Å². The first-order valence-electron chi connectivity index (χ1n) is 12.0. The van der Waals surface area contributed by atoms with E-state index in [4.69, 9.17) is 0 Å². The number of hydrogen-bond donors (Lipinski definition) is 0. The fourth-order valence-corrected chi connectivity index (χ4v) is 9.14. The summed E-state index contributed by atoms with van der Waals surface area (Å²) in [6.07, 6.45) is -1.31. The molecular formula is C24H29F3N4O2S. The van der Waals surface area contributed by atoms with Gasteiger partial charge in [-0.25, -0.2) is 13.4 Å². The third-order valence-electron chi connectivity index (χ3n) is 8.35. The van der Waals surface area contributed by atoms with Crippen molar-refractivity contribution in [1.29, 1.82) is 0 Å². The quantitative estimate of drug-likeness (QED) is 0.639. The lowest BCUT2D eigenvalue weighted by atomic mass is 9.91. The molecule has 34 heavy (non-hydrogen) atoms. The first kappa shape index (κ1) is 22.5. The molecule has 0 bridgehead atoms. The number of fused-ring (bicyclic) bond motifs is 1. The molecular weight excluding hydrogens is 465 g/mol. The maximum absolute atomic E-state index is 13.1. The van der Waals surface area contributed by atoms with Crippen LogP contribution in [-0.2, 0) is 16.0 Å². The summed E-state index contributed by atoms with van der Waals surface area (Å²) in [5, 5.41) is 4.66. The summed E-state index contributed by atoms with van der Waals surface area (Å²) >= 11 is 0. The molecule has 4 fully saturated rings. The zero-order chi connectivity index (χ0) is 24.0. The smallest absolute Gasteiger partial charge is 0.300 e. The van der Waals surface area contributed by atoms with Crippen LogP contribution in [-0.4, -0.2) is 58.7 Å². The van der Waals surface area contributed by atoms with Gasteiger partial charge in [-0.3, -0.25) is 9.58 Å². The lowest BCUT2D eigenvalue weighted by molar-refractivity contribution is -0.141. The highest BCUT2D eigenvalue weighted by atomic mass is 32.2. The highest BCUT2D eigenvalue weighted by molar-refractivity contribution is 7.92. The third kappa shape index (κ3) is 3.68. The molecule has 2 aliphatic carbocycles. The van der Waals surface area contributed by atoms with Gasteiger partial charge >= 0.3 is 6.18 Å². The number of aromatic nitrogens is 3. The van der Waals surface area contributed by atoms with Gasteiger partial charge in [-0.1, -0.05) is 6.07 Å². The van der Waals surface area contributed by atoms with E-state index in [1.54, 1.807) is 6.07 Å². The largest absolute Gasteiger partial charge is 0.433 e. The zero-order valence-corrected chi connectivity index (χ0v) is 20.1. The number of sulfone groups is 1. The van der Waals surface area contributed by atoms with Crippen molar-refractivity contribution >= 4 is 9.84 Å². The van der Waals surface area contributed by atoms with Crippen LogP contribution in [0.5, 0.6) is 0 Å². The summed E-state index contributed by atoms with van der Waals surface area (Å²) in [6, 6.07) is 6.49. The minimum Gasteiger partial charge on any atom is -0.300 e. The van der Waals surface area contributed by atoms with Gasteiger partial charge in [0.1, 0.15) is 11.4 Å². The number of alkyl halides is 3. The molecule has 4 heterocycles. The van der Waals surface area contributed by atoms with E-state index in [1.165, 1.54) is 6.07 Å². The molecule has 10 heteroatoms. The van der Waals surface area contributed by atoms with E-state index in [0.717, 1.165) is 44.1 Å². The summed E-state index contributed by atoms with van der Waals surface area (Å²) in [4.78, 5) is 6.34. The van der Waals surface area contributed by atoms with E-state index in [-0.39, 0.29) is 17.2 Å². The van der Waals surface area contributed by atoms with Gasteiger partial charge in [0.05, 0.1) is 17.2 Å². The second-order valence-corrected chi connectivity index (χ2v) is 13.2. The van der Waals surface area contributed by atoms with Crippen molar-refractivity contribution in [3.63, 3.8) is 0 Å². The van der Waals surface area contributed by atoms with Crippen molar-refractivity contribution in [3.8, 4) is 11.4 Å². The standard InChI is InChI=1S/C24H29F3N4O2S/c1-14(2)31-20(10-19(29-31)18-4-3-5-21(28-18)24(25,26)27)22-16-8-15(9-17(16)22)30-7-6-23(11-30)12-34(32,33)13-23/h3-5,10,14-17,22H,6-9,11-13H2,1-2H3/t15-,16-,17+,22+. The number of pyridine rings is 1. The molecule has 4 aliphatic rings. The molecule has 0 N–H and O–H groups in total. The number of rotatable bonds is 4. The minimum absolute atomic E-state index is 0.00582. The van der Waals surface area contributed by atoms with Crippen LogP contribution in [0, 0.1) is 17.3 Å². The lowest BCUT2D eigenvalue weighted by Gasteiger charge is -2.38. The topological polar surface area (TPSA) is 68.1 Å². The monoisotopic (exact) mass is 494 g/mol. The molecule has 2 saturated carbocycles. The summed E-state index contributed by atoms with van der Waals surface area (Å²) in [6.45, 7) is 5.96. The summed E-state index contributed by atoms with van der Waals surface area (Å²) in [5.41, 5.74) is 0.926. The molecule has 184 valence electrons. The maximum Gasteiger partial charge on any atom is 0.433 e. The molecule has 2 aromatic rings. The normalized spacial score (nSPS) is 31.7. The minimum atomic E-state index is -4.49. The SMILES string of the molecule is CC(C)n1nc(-c2cccc(C(F)(F)F)n2)cc1[C@H]1[C@@H]2C[C@@H](N3CCC4(C3)CS(=O)(=O)C4)C[C@@H]21. The summed E-state index contributed by atoms with van der Waals surface area (Å²) in [5.74, 6) is 2.19. The van der Waals surface area contributed by atoms with Gasteiger partial charge in [0.2, 0.25) is 0 Å². The molecule has 0 amide bonds. The van der Waals surface area contributed by atoms with Gasteiger partial charge in [0.25, 0.3) is 0 Å². The number of likely N-dealkylation sites (tertiary alicyclic amines) is 1. The van der Waals surface area contributed by atoms with Gasteiger partial charge in [-0.15, -0.1) is 0 Å². The Hall–Kier alpha value is -1.94. The fourth-order valence-electron chi connectivity index (χ4n) is 6.89. The van der Waals surface area contributed by atoms with Crippen molar-refractivity contribution in [3.05, 3.63) is 35.7 Å². The molecule has 0 aromatic carbocycles. The third-order valence-corrected chi connectivity index (χ3v) is 10.5. The van der Waals surface area contributed by atoms with E-state index in [9.17, 15) is 21.6 Å². The second-order valence-electron chi connectivity index (χ2n) is 11.1. The molecule has 0 unspecified atom stereocenters. The molecule has 2 saturated heterocycles. The Morgan fingerprint density at radius 1 is 1.12 bits per heavy atom. The van der Waals surface area contributed by atoms with Gasteiger partial charge in [-0.05, 0) is 69.7 Å². The van der Waals surface area contributed by atoms with Crippen molar-refractivity contribution in [2.75, 3.05) is 24.6 Å². The number of hydrogen-bond acceptors (Lipinski definition) is 5. The maximum atomic E-state index is 13.1. The zero-order valence-electron chi connectivity index (χ0n) is 19.3. The van der Waals surface area contributed by atoms with E-state index in [2.05, 4.69) is 15.0 Å². The molecule has 4 atom stereocenters. The Balaban J connectivity index is 1.17. The summed E-state index contributed by atoms with van der Waals surface area (Å²) < 4.78 is 64.8. The van der Waals surface area contributed by atoms with Crippen molar-refractivity contribution in [1.82, 2.24) is 19.7 Å². The molecule has 1 spiro atoms. The van der Waals surface area contributed by atoms with Crippen molar-refractivity contribution < 1.29 is 21.6 Å². The van der Waals surface area contributed by atoms with E-state index in [1.807, 2.05) is 24.6 Å². The van der Waals surface area contributed by atoms with Crippen LogP contribution in [0.4, 0.5) is 13.2 Å². The van der Waals surface area contributed by atoms with Crippen LogP contribution in [0.25, 0.3) is 11.4 Å². The van der Waals surface area contributed by atoms with Crippen LogP contribution < -0.4 is 0 Å². The van der Waals surface area contributed by atoms with Crippen molar-refractivity contribution in [2.24, 2.45) is 17.3 Å². The highest BCUT2D eigenvalue weighted by Gasteiger charge is 2.60. The van der Waals surface area contributed by atoms with Crippen LogP contribution in [0.2, 0.25) is 0 Å². The first-order valence-corrected chi connectivity index (χ1v) is 13.9. The first-order chi connectivity index (χ1) is 15.9. The Morgan fingerprint density at radius 3 is 2.44 bits per heavy atom. The molecule has 6 nitrogen and oxygen atoms in total. The van der Waals surface area contributed by atoms with Gasteiger partial charge in [0, 0.05) is 35.7 Å². The molecule has 2 aromatic heterocycles. The van der Waals surface area contributed by atoms with E-state index < -0.39 is 21.7 Å². The van der Waals surface area contributed by atoms with Gasteiger partial charge in [0.15, 0.2) is 9.84 Å². The Kier molecular flexibility index (Phi) is 4.83. The van der Waals surface area contributed by atoms with E-state index in [0.29, 0.717) is 41.0 Å². The van der Waals surface area contributed by atoms with Gasteiger partial charge < -0.3 is 0 Å². The fraction of sp³-hybridized carbons (Fsp3) is 0.667. The number of nitrogens with zero attached hydrogens (tertiary/aromatic N) is 4. The highest BCUT2D eigenvalue weighted by Crippen LogP contribution is 2.64.